The highest BCUT2D eigenvalue weighted by Crippen LogP contribution is 2.23. The van der Waals surface area contributed by atoms with Crippen molar-refractivity contribution in [1.82, 2.24) is 4.90 Å². The molecule has 2 rings (SSSR count). The van der Waals surface area contributed by atoms with E-state index in [1.807, 2.05) is 18.2 Å². The average molecular weight is 317 g/mol. The molecule has 126 valence electrons. The fourth-order valence-corrected chi connectivity index (χ4v) is 2.58. The molecule has 1 fully saturated rings. The molecule has 6 N–H and O–H groups in total. The molecule has 6 nitrogen and oxygen atoms in total. The predicted octanol–water partition coefficient (Wildman–Crippen LogP) is 1.03. The van der Waals surface area contributed by atoms with Crippen molar-refractivity contribution >= 4 is 11.5 Å². The highest BCUT2D eigenvalue weighted by molar-refractivity contribution is 5.82. The number of anilines is 1. The molecule has 1 heterocycles. The van der Waals surface area contributed by atoms with Crippen LogP contribution in [0.2, 0.25) is 0 Å². The molecule has 0 amide bonds. The largest absolute Gasteiger partial charge is 0.398 e. The summed E-state index contributed by atoms with van der Waals surface area (Å²) < 4.78 is 5.32. The van der Waals surface area contributed by atoms with Crippen LogP contribution in [0.4, 0.5) is 5.69 Å². The van der Waals surface area contributed by atoms with Crippen LogP contribution in [0.3, 0.4) is 0 Å². The van der Waals surface area contributed by atoms with Crippen molar-refractivity contribution in [2.24, 2.45) is 16.5 Å². The van der Waals surface area contributed by atoms with E-state index >= 15 is 0 Å². The molecule has 1 aromatic rings. The summed E-state index contributed by atoms with van der Waals surface area (Å²) in [5.41, 5.74) is 20.9. The van der Waals surface area contributed by atoms with E-state index in [0.29, 0.717) is 31.0 Å². The fraction of sp³-hybridized carbons (Fsp3) is 0.471. The normalized spacial score (nSPS) is 17.9. The summed E-state index contributed by atoms with van der Waals surface area (Å²) in [5, 5.41) is 0. The number of ether oxygens (including phenoxy) is 1. The number of amidine groups is 1. The Bertz CT molecular complexity index is 552. The Hall–Kier alpha value is -1.89. The summed E-state index contributed by atoms with van der Waals surface area (Å²) in [5.74, 6) is 0.640. The Balaban J connectivity index is 1.97. The van der Waals surface area contributed by atoms with Crippen LogP contribution in [0, 0.1) is 0 Å². The first-order valence-electron chi connectivity index (χ1n) is 7.94. The maximum Gasteiger partial charge on any atom is 0.108 e. The lowest BCUT2D eigenvalue weighted by atomic mass is 10.00. The number of aliphatic imine (C=N–C) groups is 1. The summed E-state index contributed by atoms with van der Waals surface area (Å²) in [6, 6.07) is 5.71. The van der Waals surface area contributed by atoms with Gasteiger partial charge < -0.3 is 21.9 Å². The minimum absolute atomic E-state index is 0.137. The Kier molecular flexibility index (Phi) is 6.58. The number of morpholine rings is 1. The minimum Gasteiger partial charge on any atom is -0.398 e. The first-order chi connectivity index (χ1) is 11.1. The first kappa shape index (κ1) is 17.5. The van der Waals surface area contributed by atoms with Gasteiger partial charge in [0.15, 0.2) is 0 Å². The predicted molar refractivity (Wildman–Crippen MR) is 95.2 cm³/mol. The number of hydrogen-bond acceptors (Lipinski definition) is 5. The van der Waals surface area contributed by atoms with E-state index in [0.717, 1.165) is 37.4 Å². The summed E-state index contributed by atoms with van der Waals surface area (Å²) in [6.07, 6.45) is 2.49. The van der Waals surface area contributed by atoms with Crippen molar-refractivity contribution in [3.8, 4) is 0 Å². The van der Waals surface area contributed by atoms with E-state index < -0.39 is 0 Å². The number of nitrogens with zero attached hydrogens (tertiary/aromatic N) is 2. The van der Waals surface area contributed by atoms with Crippen LogP contribution < -0.4 is 17.2 Å². The number of benzene rings is 1. The Morgan fingerprint density at radius 1 is 1.39 bits per heavy atom. The van der Waals surface area contributed by atoms with Gasteiger partial charge in [0.2, 0.25) is 0 Å². The molecule has 0 spiro atoms. The second-order valence-corrected chi connectivity index (χ2v) is 5.79. The smallest absolute Gasteiger partial charge is 0.108 e. The van der Waals surface area contributed by atoms with Gasteiger partial charge >= 0.3 is 0 Å². The Morgan fingerprint density at radius 3 is 2.83 bits per heavy atom. The van der Waals surface area contributed by atoms with Crippen molar-refractivity contribution in [3.05, 3.63) is 42.0 Å². The summed E-state index contributed by atoms with van der Waals surface area (Å²) in [7, 11) is 0. The monoisotopic (exact) mass is 317 g/mol. The topological polar surface area (TPSA) is 103 Å². The molecule has 0 aromatic heterocycles. The van der Waals surface area contributed by atoms with Crippen LogP contribution in [-0.4, -0.2) is 43.6 Å². The second kappa shape index (κ2) is 8.67. The molecule has 1 aromatic carbocycles. The molecule has 1 atom stereocenters. The van der Waals surface area contributed by atoms with E-state index in [4.69, 9.17) is 21.9 Å². The molecule has 0 bridgehead atoms. The zero-order chi connectivity index (χ0) is 16.7. The third-order valence-electron chi connectivity index (χ3n) is 3.93. The maximum absolute atomic E-state index is 6.12. The van der Waals surface area contributed by atoms with Gasteiger partial charge in [0.25, 0.3) is 0 Å². The molecule has 1 aliphatic rings. The molecule has 1 aliphatic heterocycles. The van der Waals surface area contributed by atoms with Crippen molar-refractivity contribution in [1.29, 1.82) is 0 Å². The van der Waals surface area contributed by atoms with Gasteiger partial charge in [-0.1, -0.05) is 18.2 Å². The second-order valence-electron chi connectivity index (χ2n) is 5.79. The number of hydrogen-bond donors (Lipinski definition) is 3. The van der Waals surface area contributed by atoms with E-state index in [9.17, 15) is 0 Å². The molecule has 23 heavy (non-hydrogen) atoms. The van der Waals surface area contributed by atoms with Crippen molar-refractivity contribution in [3.63, 3.8) is 0 Å². The van der Waals surface area contributed by atoms with Gasteiger partial charge in [-0.2, -0.15) is 0 Å². The highest BCUT2D eigenvalue weighted by atomic mass is 16.5. The molecule has 0 radical (unpaired) electrons. The van der Waals surface area contributed by atoms with Crippen LogP contribution in [0.1, 0.15) is 23.6 Å². The van der Waals surface area contributed by atoms with Gasteiger partial charge in [-0.15, -0.1) is 6.58 Å². The zero-order valence-corrected chi connectivity index (χ0v) is 13.6. The average Bonchev–Trinajstić information content (AvgIpc) is 2.55. The molecule has 1 unspecified atom stereocenters. The van der Waals surface area contributed by atoms with Crippen LogP contribution >= 0.6 is 0 Å². The quantitative estimate of drug-likeness (QED) is 0.302. The van der Waals surface area contributed by atoms with E-state index in [1.165, 1.54) is 0 Å². The fourth-order valence-electron chi connectivity index (χ4n) is 2.58. The van der Waals surface area contributed by atoms with Gasteiger partial charge in [0.1, 0.15) is 5.84 Å². The third-order valence-corrected chi connectivity index (χ3v) is 3.93. The standard InChI is InChI=1S/C17H27N5O/c1-2-3-15(18)14-10-13(4-5-16(14)19)11-21-17(20)12-22-6-8-23-9-7-22/h2,4-5,10,15H,1,3,6-9,11-12,18-19H2,(H2,20,21). The van der Waals surface area contributed by atoms with Gasteiger partial charge in [-0.25, -0.2) is 0 Å². The van der Waals surface area contributed by atoms with Gasteiger partial charge in [0, 0.05) is 24.8 Å². The van der Waals surface area contributed by atoms with Gasteiger partial charge in [-0.3, -0.25) is 9.89 Å². The first-order valence-corrected chi connectivity index (χ1v) is 7.94. The van der Waals surface area contributed by atoms with Gasteiger partial charge in [-0.05, 0) is 23.6 Å². The third kappa shape index (κ3) is 5.35. The van der Waals surface area contributed by atoms with Gasteiger partial charge in [0.05, 0.1) is 26.3 Å². The van der Waals surface area contributed by atoms with Crippen molar-refractivity contribution < 1.29 is 4.74 Å². The van der Waals surface area contributed by atoms with E-state index in [-0.39, 0.29) is 6.04 Å². The number of nitrogens with two attached hydrogens (primary N) is 3. The lowest BCUT2D eigenvalue weighted by Gasteiger charge is -2.26. The lowest BCUT2D eigenvalue weighted by molar-refractivity contribution is 0.0451. The SMILES string of the molecule is C=CCC(N)c1cc(CN=C(N)CN2CCOCC2)ccc1N. The molecule has 0 aliphatic carbocycles. The van der Waals surface area contributed by atoms with E-state index in [2.05, 4.69) is 16.5 Å². The van der Waals surface area contributed by atoms with Crippen LogP contribution in [0.15, 0.2) is 35.8 Å². The zero-order valence-electron chi connectivity index (χ0n) is 13.6. The van der Waals surface area contributed by atoms with E-state index in [1.54, 1.807) is 6.08 Å². The molecular weight excluding hydrogens is 290 g/mol. The Morgan fingerprint density at radius 2 is 2.13 bits per heavy atom. The minimum atomic E-state index is -0.137. The van der Waals surface area contributed by atoms with Crippen LogP contribution in [0.5, 0.6) is 0 Å². The number of rotatable bonds is 7. The molecule has 0 saturated carbocycles. The van der Waals surface area contributed by atoms with Crippen LogP contribution in [-0.2, 0) is 11.3 Å². The summed E-state index contributed by atoms with van der Waals surface area (Å²) >= 11 is 0. The Labute approximate surface area is 138 Å². The summed E-state index contributed by atoms with van der Waals surface area (Å²) in [6.45, 7) is 8.26. The highest BCUT2D eigenvalue weighted by Gasteiger charge is 2.12. The summed E-state index contributed by atoms with van der Waals surface area (Å²) in [4.78, 5) is 6.72. The molecule has 6 heteroatoms. The van der Waals surface area contributed by atoms with Crippen molar-refractivity contribution in [2.75, 3.05) is 38.6 Å². The number of nitrogen functional groups attached to an aromatic ring is 1. The van der Waals surface area contributed by atoms with Crippen LogP contribution in [0.25, 0.3) is 0 Å². The molecule has 1 saturated heterocycles. The lowest BCUT2D eigenvalue weighted by Crippen LogP contribution is -2.41. The maximum atomic E-state index is 6.12. The van der Waals surface area contributed by atoms with Crippen molar-refractivity contribution in [2.45, 2.75) is 19.0 Å². The molecular formula is C17H27N5O.